The fraction of sp³-hybridized carbons (Fsp3) is 0.435. The zero-order valence-electron chi connectivity index (χ0n) is 16.0. The van der Waals surface area contributed by atoms with Gasteiger partial charge in [-0.05, 0) is 35.8 Å². The standard InChI is InChI=1S/C23H26N2O3/c26-22-24-14-21(25(22)28-16-19-9-5-2-6-10-19)23(11-12-23)13-20(24)17-27-15-18-7-3-1-4-8-18/h1-10,20-21H,11-17H2. The molecule has 2 aromatic carbocycles. The van der Waals surface area contributed by atoms with Crippen LogP contribution >= 0.6 is 0 Å². The Morgan fingerprint density at radius 1 is 0.929 bits per heavy atom. The summed E-state index contributed by atoms with van der Waals surface area (Å²) in [5.74, 6) is 0. The van der Waals surface area contributed by atoms with E-state index in [1.807, 2.05) is 53.4 Å². The molecule has 1 saturated carbocycles. The number of ether oxygens (including phenoxy) is 1. The van der Waals surface area contributed by atoms with E-state index in [9.17, 15) is 4.79 Å². The molecule has 0 N–H and O–H groups in total. The van der Waals surface area contributed by atoms with Gasteiger partial charge in [0.1, 0.15) is 6.61 Å². The summed E-state index contributed by atoms with van der Waals surface area (Å²) in [7, 11) is 0. The van der Waals surface area contributed by atoms with Crippen LogP contribution in [0, 0.1) is 5.41 Å². The Hall–Kier alpha value is -2.37. The SMILES string of the molecule is O=C1N2CC(N1OCc1ccccc1)C1(CC1)CC2COCc1ccccc1. The predicted molar refractivity (Wildman–Crippen MR) is 105 cm³/mol. The predicted octanol–water partition coefficient (Wildman–Crippen LogP) is 3.99. The van der Waals surface area contributed by atoms with Crippen molar-refractivity contribution in [3.05, 3.63) is 71.8 Å². The van der Waals surface area contributed by atoms with Gasteiger partial charge in [-0.1, -0.05) is 60.7 Å². The summed E-state index contributed by atoms with van der Waals surface area (Å²) in [5, 5.41) is 1.66. The molecule has 5 rings (SSSR count). The Bertz CT molecular complexity index is 822. The van der Waals surface area contributed by atoms with E-state index in [1.54, 1.807) is 5.06 Å². The average Bonchev–Trinajstić information content (AvgIpc) is 3.44. The highest BCUT2D eigenvalue weighted by Gasteiger charge is 2.63. The van der Waals surface area contributed by atoms with Gasteiger partial charge in [-0.3, -0.25) is 4.84 Å². The van der Waals surface area contributed by atoms with Crippen LogP contribution in [-0.2, 0) is 22.8 Å². The second kappa shape index (κ2) is 7.22. The Morgan fingerprint density at radius 2 is 1.57 bits per heavy atom. The van der Waals surface area contributed by atoms with Gasteiger partial charge in [-0.2, -0.15) is 5.06 Å². The second-order valence-corrected chi connectivity index (χ2v) is 8.26. The van der Waals surface area contributed by atoms with Crippen LogP contribution < -0.4 is 0 Å². The van der Waals surface area contributed by atoms with E-state index in [2.05, 4.69) is 12.1 Å². The quantitative estimate of drug-likeness (QED) is 0.731. The van der Waals surface area contributed by atoms with E-state index in [4.69, 9.17) is 9.57 Å². The van der Waals surface area contributed by atoms with Gasteiger partial charge in [-0.25, -0.2) is 4.79 Å². The molecule has 2 unspecified atom stereocenters. The van der Waals surface area contributed by atoms with Crippen molar-refractivity contribution < 1.29 is 14.4 Å². The maximum absolute atomic E-state index is 13.0. The Kier molecular flexibility index (Phi) is 4.57. The van der Waals surface area contributed by atoms with E-state index in [1.165, 1.54) is 12.8 Å². The molecule has 0 aromatic heterocycles. The number of benzene rings is 2. The molecule has 5 heteroatoms. The van der Waals surface area contributed by atoms with Gasteiger partial charge in [0.15, 0.2) is 0 Å². The summed E-state index contributed by atoms with van der Waals surface area (Å²) in [6.07, 6.45) is 3.38. The summed E-state index contributed by atoms with van der Waals surface area (Å²) in [5.41, 5.74) is 2.47. The molecule has 2 saturated heterocycles. The maximum Gasteiger partial charge on any atom is 0.344 e. The zero-order chi connectivity index (χ0) is 19.0. The number of carbonyl (C=O) groups is 1. The van der Waals surface area contributed by atoms with Crippen molar-refractivity contribution in [3.8, 4) is 0 Å². The van der Waals surface area contributed by atoms with Crippen LogP contribution in [0.5, 0.6) is 0 Å². The molecular formula is C23H26N2O3. The van der Waals surface area contributed by atoms with Gasteiger partial charge >= 0.3 is 6.03 Å². The van der Waals surface area contributed by atoms with Crippen LogP contribution in [-0.4, -0.2) is 41.2 Å². The van der Waals surface area contributed by atoms with Crippen molar-refractivity contribution in [1.29, 1.82) is 0 Å². The van der Waals surface area contributed by atoms with E-state index < -0.39 is 0 Å². The number of urea groups is 1. The van der Waals surface area contributed by atoms with Crippen molar-refractivity contribution in [3.63, 3.8) is 0 Å². The van der Waals surface area contributed by atoms with Gasteiger partial charge in [-0.15, -0.1) is 0 Å². The molecular weight excluding hydrogens is 352 g/mol. The van der Waals surface area contributed by atoms with Crippen LogP contribution in [0.4, 0.5) is 4.79 Å². The van der Waals surface area contributed by atoms with Gasteiger partial charge in [0.2, 0.25) is 0 Å². The molecule has 146 valence electrons. The third-order valence-electron chi connectivity index (χ3n) is 6.40. The lowest BCUT2D eigenvalue weighted by molar-refractivity contribution is -0.153. The lowest BCUT2D eigenvalue weighted by Crippen LogP contribution is -2.47. The first-order chi connectivity index (χ1) is 13.8. The Labute approximate surface area is 165 Å². The molecule has 3 fully saturated rings. The number of rotatable bonds is 7. The first-order valence-corrected chi connectivity index (χ1v) is 10.1. The normalized spacial score (nSPS) is 24.8. The molecule has 1 aliphatic carbocycles. The largest absolute Gasteiger partial charge is 0.375 e. The fourth-order valence-electron chi connectivity index (χ4n) is 4.66. The third kappa shape index (κ3) is 3.29. The van der Waals surface area contributed by atoms with Gasteiger partial charge in [0, 0.05) is 6.54 Å². The van der Waals surface area contributed by atoms with E-state index in [0.29, 0.717) is 19.8 Å². The van der Waals surface area contributed by atoms with Crippen LogP contribution in [0.1, 0.15) is 30.4 Å². The number of hydrogen-bond donors (Lipinski definition) is 0. The summed E-state index contributed by atoms with van der Waals surface area (Å²) in [4.78, 5) is 21.0. The fourth-order valence-corrected chi connectivity index (χ4v) is 4.66. The topological polar surface area (TPSA) is 42.0 Å². The molecule has 3 aliphatic rings. The Balaban J connectivity index is 1.23. The summed E-state index contributed by atoms with van der Waals surface area (Å²) >= 11 is 0. The molecule has 5 nitrogen and oxygen atoms in total. The van der Waals surface area contributed by atoms with Crippen LogP contribution in [0.25, 0.3) is 0 Å². The van der Waals surface area contributed by atoms with E-state index >= 15 is 0 Å². The van der Waals surface area contributed by atoms with Gasteiger partial charge < -0.3 is 9.64 Å². The molecule has 2 aliphatic heterocycles. The number of nitrogens with zero attached hydrogens (tertiary/aromatic N) is 2. The zero-order valence-corrected chi connectivity index (χ0v) is 16.0. The summed E-state index contributed by atoms with van der Waals surface area (Å²) in [6, 6.07) is 20.5. The monoisotopic (exact) mass is 378 g/mol. The van der Waals surface area contributed by atoms with Gasteiger partial charge in [0.05, 0.1) is 25.3 Å². The highest BCUT2D eigenvalue weighted by atomic mass is 16.7. The molecule has 2 bridgehead atoms. The lowest BCUT2D eigenvalue weighted by atomic mass is 9.85. The van der Waals surface area contributed by atoms with E-state index in [0.717, 1.165) is 24.1 Å². The third-order valence-corrected chi connectivity index (χ3v) is 6.40. The van der Waals surface area contributed by atoms with Crippen molar-refractivity contribution >= 4 is 6.03 Å². The maximum atomic E-state index is 13.0. The van der Waals surface area contributed by atoms with Crippen LogP contribution in [0.3, 0.4) is 0 Å². The highest BCUT2D eigenvalue weighted by Crippen LogP contribution is 2.59. The smallest absolute Gasteiger partial charge is 0.344 e. The van der Waals surface area contributed by atoms with Crippen molar-refractivity contribution in [1.82, 2.24) is 9.96 Å². The number of fused-ring (bicyclic) bond motifs is 3. The van der Waals surface area contributed by atoms with Crippen molar-refractivity contribution in [2.45, 2.75) is 44.6 Å². The average molecular weight is 378 g/mol. The van der Waals surface area contributed by atoms with Crippen LogP contribution in [0.15, 0.2) is 60.7 Å². The summed E-state index contributed by atoms with van der Waals surface area (Å²) < 4.78 is 5.99. The van der Waals surface area contributed by atoms with Crippen molar-refractivity contribution in [2.24, 2.45) is 5.41 Å². The second-order valence-electron chi connectivity index (χ2n) is 8.26. The number of hydroxylamine groups is 2. The summed E-state index contributed by atoms with van der Waals surface area (Å²) in [6.45, 7) is 2.36. The molecule has 0 radical (unpaired) electrons. The molecule has 28 heavy (non-hydrogen) atoms. The van der Waals surface area contributed by atoms with Crippen molar-refractivity contribution in [2.75, 3.05) is 13.2 Å². The minimum absolute atomic E-state index is 0.00184. The van der Waals surface area contributed by atoms with E-state index in [-0.39, 0.29) is 23.5 Å². The minimum Gasteiger partial charge on any atom is -0.375 e. The first-order valence-electron chi connectivity index (χ1n) is 10.1. The molecule has 2 heterocycles. The number of amides is 2. The van der Waals surface area contributed by atoms with Gasteiger partial charge in [0.25, 0.3) is 0 Å². The number of piperidine rings is 1. The first kappa shape index (κ1) is 17.7. The highest BCUT2D eigenvalue weighted by molar-refractivity contribution is 5.77. The molecule has 2 atom stereocenters. The minimum atomic E-state index is -0.00184. The lowest BCUT2D eigenvalue weighted by Gasteiger charge is -2.36. The Morgan fingerprint density at radius 3 is 2.21 bits per heavy atom. The molecule has 1 spiro atoms. The number of carbonyl (C=O) groups excluding carboxylic acids is 1. The number of hydrogen-bond acceptors (Lipinski definition) is 3. The van der Waals surface area contributed by atoms with Crippen LogP contribution in [0.2, 0.25) is 0 Å². The molecule has 2 amide bonds. The molecule has 2 aromatic rings.